The van der Waals surface area contributed by atoms with Crippen LogP contribution in [0.4, 0.5) is 5.82 Å². The number of rotatable bonds is 1. The largest absolute Gasteiger partial charge is 0.385 e. The summed E-state index contributed by atoms with van der Waals surface area (Å²) in [5.74, 6) is 1.47. The van der Waals surface area contributed by atoms with Gasteiger partial charge in [0, 0.05) is 12.4 Å². The fraction of sp³-hybridized carbons (Fsp3) is 0.100. The molecule has 4 heteroatoms. The van der Waals surface area contributed by atoms with E-state index in [0.717, 1.165) is 11.4 Å². The van der Waals surface area contributed by atoms with E-state index in [9.17, 15) is 0 Å². The van der Waals surface area contributed by atoms with E-state index in [4.69, 9.17) is 11.0 Å². The predicted molar refractivity (Wildman–Crippen MR) is 54.0 cm³/mol. The van der Waals surface area contributed by atoms with Gasteiger partial charge in [-0.2, -0.15) is 5.26 Å². The number of nitrogen functional groups attached to an aromatic ring is 1. The molecule has 0 radical (unpaired) electrons. The highest BCUT2D eigenvalue weighted by Crippen LogP contribution is 2.16. The van der Waals surface area contributed by atoms with E-state index in [1.54, 1.807) is 12.3 Å². The van der Waals surface area contributed by atoms with Crippen molar-refractivity contribution in [2.75, 3.05) is 5.73 Å². The van der Waals surface area contributed by atoms with Crippen molar-refractivity contribution in [1.82, 2.24) is 9.55 Å². The van der Waals surface area contributed by atoms with Gasteiger partial charge >= 0.3 is 0 Å². The van der Waals surface area contributed by atoms with Gasteiger partial charge in [-0.25, -0.2) is 0 Å². The molecule has 0 saturated carbocycles. The normalized spacial score (nSPS) is 10.0. The van der Waals surface area contributed by atoms with Crippen molar-refractivity contribution in [3.63, 3.8) is 0 Å². The smallest absolute Gasteiger partial charge is 0.117 e. The first kappa shape index (κ1) is 8.45. The maximum absolute atomic E-state index is 8.66. The molecule has 0 bridgehead atoms. The van der Waals surface area contributed by atoms with Crippen molar-refractivity contribution in [1.29, 1.82) is 5.26 Å². The summed E-state index contributed by atoms with van der Waals surface area (Å²) in [6, 6.07) is 5.70. The van der Waals surface area contributed by atoms with E-state index in [2.05, 4.69) is 11.1 Å². The van der Waals surface area contributed by atoms with Gasteiger partial charge in [-0.3, -0.25) is 4.57 Å². The van der Waals surface area contributed by atoms with Crippen LogP contribution in [0.15, 0.2) is 24.5 Å². The highest BCUT2D eigenvalue weighted by Gasteiger charge is 2.04. The lowest BCUT2D eigenvalue weighted by atomic mass is 10.4. The molecule has 0 amide bonds. The van der Waals surface area contributed by atoms with Crippen LogP contribution in [-0.4, -0.2) is 9.55 Å². The van der Waals surface area contributed by atoms with Crippen LogP contribution in [0.5, 0.6) is 0 Å². The van der Waals surface area contributed by atoms with Gasteiger partial charge in [-0.1, -0.05) is 0 Å². The molecule has 4 nitrogen and oxygen atoms in total. The Labute approximate surface area is 81.6 Å². The number of aromatic amines is 1. The lowest BCUT2D eigenvalue weighted by molar-refractivity contribution is 1.03. The molecule has 70 valence electrons. The van der Waals surface area contributed by atoms with Gasteiger partial charge in [0.1, 0.15) is 17.7 Å². The molecule has 0 spiro atoms. The summed E-state index contributed by atoms with van der Waals surface area (Å²) in [5, 5.41) is 8.66. The van der Waals surface area contributed by atoms with Crippen molar-refractivity contribution in [2.24, 2.45) is 0 Å². The van der Waals surface area contributed by atoms with E-state index >= 15 is 0 Å². The molecule has 0 fully saturated rings. The first-order chi connectivity index (χ1) is 6.70. The van der Waals surface area contributed by atoms with Crippen LogP contribution in [0.25, 0.3) is 5.82 Å². The molecule has 3 N–H and O–H groups in total. The molecule has 0 unspecified atom stereocenters. The number of nitrogens with zero attached hydrogens (tertiary/aromatic N) is 2. The van der Waals surface area contributed by atoms with Crippen molar-refractivity contribution < 1.29 is 0 Å². The lowest BCUT2D eigenvalue weighted by Crippen LogP contribution is -1.97. The fourth-order valence-corrected chi connectivity index (χ4v) is 1.41. The average Bonchev–Trinajstić information content (AvgIpc) is 2.71. The zero-order valence-corrected chi connectivity index (χ0v) is 7.78. The van der Waals surface area contributed by atoms with E-state index < -0.39 is 0 Å². The third-order valence-electron chi connectivity index (χ3n) is 2.04. The minimum atomic E-state index is 0.603. The number of hydrogen-bond acceptors (Lipinski definition) is 2. The Hall–Kier alpha value is -2.15. The Bertz CT molecular complexity index is 498. The number of aromatic nitrogens is 2. The number of nitrogens with two attached hydrogens (primary N) is 1. The van der Waals surface area contributed by atoms with Crippen molar-refractivity contribution in [3.05, 3.63) is 35.7 Å². The van der Waals surface area contributed by atoms with Gasteiger partial charge in [0.15, 0.2) is 0 Å². The average molecular weight is 186 g/mol. The number of H-pyrrole nitrogens is 1. The van der Waals surface area contributed by atoms with Crippen molar-refractivity contribution >= 4 is 5.82 Å². The molecule has 2 heterocycles. The van der Waals surface area contributed by atoms with Crippen LogP contribution in [0.2, 0.25) is 0 Å². The fourth-order valence-electron chi connectivity index (χ4n) is 1.41. The maximum Gasteiger partial charge on any atom is 0.117 e. The highest BCUT2D eigenvalue weighted by atomic mass is 15.1. The summed E-state index contributed by atoms with van der Waals surface area (Å²) in [5.41, 5.74) is 7.48. The van der Waals surface area contributed by atoms with Crippen molar-refractivity contribution in [2.45, 2.75) is 6.92 Å². The standard InChI is InChI=1S/C10H10N4/c1-7-2-9(12)14(6-7)10-3-8(4-11)5-13-10/h2-3,5-6,13H,12H2,1H3. The number of aryl methyl sites for hydroxylation is 1. The highest BCUT2D eigenvalue weighted by molar-refractivity contribution is 5.46. The second-order valence-corrected chi connectivity index (χ2v) is 3.20. The Morgan fingerprint density at radius 3 is 2.79 bits per heavy atom. The van der Waals surface area contributed by atoms with Gasteiger partial charge in [0.2, 0.25) is 0 Å². The Morgan fingerprint density at radius 1 is 1.50 bits per heavy atom. The molecule has 2 aromatic rings. The summed E-state index contributed by atoms with van der Waals surface area (Å²) in [4.78, 5) is 2.99. The monoisotopic (exact) mass is 186 g/mol. The summed E-state index contributed by atoms with van der Waals surface area (Å²) < 4.78 is 1.82. The molecule has 2 rings (SSSR count). The zero-order valence-electron chi connectivity index (χ0n) is 7.78. The summed E-state index contributed by atoms with van der Waals surface area (Å²) in [6.07, 6.45) is 3.58. The van der Waals surface area contributed by atoms with Crippen LogP contribution in [0.1, 0.15) is 11.1 Å². The second kappa shape index (κ2) is 2.96. The predicted octanol–water partition coefficient (Wildman–Crippen LogP) is 1.57. The first-order valence-electron chi connectivity index (χ1n) is 4.24. The zero-order chi connectivity index (χ0) is 10.1. The maximum atomic E-state index is 8.66. The molecule has 0 saturated heterocycles. The van der Waals surface area contributed by atoms with Crippen LogP contribution < -0.4 is 5.73 Å². The molecule has 0 aliphatic carbocycles. The number of nitriles is 1. The topological polar surface area (TPSA) is 70.5 Å². The third kappa shape index (κ3) is 1.25. The Morgan fingerprint density at radius 2 is 2.29 bits per heavy atom. The second-order valence-electron chi connectivity index (χ2n) is 3.20. The number of anilines is 1. The minimum absolute atomic E-state index is 0.603. The Kier molecular flexibility index (Phi) is 1.79. The van der Waals surface area contributed by atoms with Gasteiger partial charge in [-0.05, 0) is 24.6 Å². The molecular weight excluding hydrogens is 176 g/mol. The summed E-state index contributed by atoms with van der Waals surface area (Å²) >= 11 is 0. The molecule has 0 aliphatic rings. The first-order valence-corrected chi connectivity index (χ1v) is 4.24. The summed E-state index contributed by atoms with van der Waals surface area (Å²) in [7, 11) is 0. The van der Waals surface area contributed by atoms with E-state index in [1.807, 2.05) is 23.8 Å². The van der Waals surface area contributed by atoms with Gasteiger partial charge < -0.3 is 10.7 Å². The van der Waals surface area contributed by atoms with Crippen molar-refractivity contribution in [3.8, 4) is 11.9 Å². The number of nitrogens with one attached hydrogen (secondary N) is 1. The molecular formula is C10H10N4. The minimum Gasteiger partial charge on any atom is -0.385 e. The van der Waals surface area contributed by atoms with E-state index in [-0.39, 0.29) is 0 Å². The van der Waals surface area contributed by atoms with Crippen LogP contribution in [-0.2, 0) is 0 Å². The SMILES string of the molecule is Cc1cc(N)n(-c2cc(C#N)c[nH]2)c1. The van der Waals surface area contributed by atoms with Gasteiger partial charge in [0.05, 0.1) is 5.56 Å². The molecule has 0 aliphatic heterocycles. The summed E-state index contributed by atoms with van der Waals surface area (Å²) in [6.45, 7) is 1.97. The van der Waals surface area contributed by atoms with E-state index in [0.29, 0.717) is 11.4 Å². The quantitative estimate of drug-likeness (QED) is 0.709. The Balaban J connectivity index is 2.50. The molecule has 14 heavy (non-hydrogen) atoms. The van der Waals surface area contributed by atoms with E-state index in [1.165, 1.54) is 0 Å². The lowest BCUT2D eigenvalue weighted by Gasteiger charge is -2.00. The van der Waals surface area contributed by atoms with Crippen LogP contribution in [0.3, 0.4) is 0 Å². The molecule has 2 aromatic heterocycles. The molecule has 0 atom stereocenters. The number of hydrogen-bond donors (Lipinski definition) is 2. The van der Waals surface area contributed by atoms with Crippen LogP contribution >= 0.6 is 0 Å². The molecule has 0 aromatic carbocycles. The third-order valence-corrected chi connectivity index (χ3v) is 2.04. The van der Waals surface area contributed by atoms with Crippen LogP contribution in [0, 0.1) is 18.3 Å². The van der Waals surface area contributed by atoms with Gasteiger partial charge in [0.25, 0.3) is 0 Å². The van der Waals surface area contributed by atoms with Gasteiger partial charge in [-0.15, -0.1) is 0 Å².